The first-order chi connectivity index (χ1) is 11.1. The molecule has 0 spiro atoms. The number of ether oxygens (including phenoxy) is 1. The predicted molar refractivity (Wildman–Crippen MR) is 107 cm³/mol. The van der Waals surface area contributed by atoms with Crippen molar-refractivity contribution in [1.82, 2.24) is 15.2 Å². The van der Waals surface area contributed by atoms with Gasteiger partial charge in [-0.25, -0.2) is 4.98 Å². The van der Waals surface area contributed by atoms with Crippen LogP contribution in [0.15, 0.2) is 29.6 Å². The average molecular weight is 406 g/mol. The van der Waals surface area contributed by atoms with E-state index in [1.54, 1.807) is 4.90 Å². The first kappa shape index (κ1) is 23.7. The van der Waals surface area contributed by atoms with Crippen LogP contribution in [-0.4, -0.2) is 43.0 Å². The molecule has 0 aliphatic rings. The highest BCUT2D eigenvalue weighted by Gasteiger charge is 2.12. The van der Waals surface area contributed by atoms with Crippen molar-refractivity contribution >= 4 is 42.1 Å². The maximum Gasteiger partial charge on any atom is 0.228 e. The van der Waals surface area contributed by atoms with E-state index in [-0.39, 0.29) is 30.7 Å². The molecule has 2 aromatic rings. The second-order valence-corrected chi connectivity index (χ2v) is 6.37. The number of aromatic nitrogens is 1. The Morgan fingerprint density at radius 3 is 2.60 bits per heavy atom. The second-order valence-electron chi connectivity index (χ2n) is 5.43. The van der Waals surface area contributed by atoms with Crippen LogP contribution in [0, 0.1) is 6.92 Å². The van der Waals surface area contributed by atoms with Gasteiger partial charge in [-0.3, -0.25) is 4.79 Å². The molecule has 1 N–H and O–H groups in total. The second kappa shape index (κ2) is 12.1. The fraction of sp³-hybridized carbons (Fsp3) is 0.412. The Hall–Kier alpha value is -1.34. The highest BCUT2D eigenvalue weighted by atomic mass is 35.5. The number of carbonyl (C=O) groups is 1. The van der Waals surface area contributed by atoms with Gasteiger partial charge in [-0.2, -0.15) is 0 Å². The van der Waals surface area contributed by atoms with Gasteiger partial charge in [0.25, 0.3) is 0 Å². The molecule has 0 aliphatic carbocycles. The van der Waals surface area contributed by atoms with E-state index in [1.165, 1.54) is 16.9 Å². The third-order valence-corrected chi connectivity index (χ3v) is 4.31. The highest BCUT2D eigenvalue weighted by molar-refractivity contribution is 7.09. The molecule has 2 rings (SSSR count). The molecule has 0 atom stereocenters. The smallest absolute Gasteiger partial charge is 0.228 e. The van der Waals surface area contributed by atoms with E-state index < -0.39 is 0 Å². The summed E-state index contributed by atoms with van der Waals surface area (Å²) < 4.78 is 5.71. The largest absolute Gasteiger partial charge is 0.486 e. The lowest BCUT2D eigenvalue weighted by Gasteiger charge is -2.16. The summed E-state index contributed by atoms with van der Waals surface area (Å²) in [5.74, 6) is 0.909. The molecule has 1 heterocycles. The molecular weight excluding hydrogens is 381 g/mol. The number of thiazole rings is 1. The zero-order valence-corrected chi connectivity index (χ0v) is 17.1. The summed E-state index contributed by atoms with van der Waals surface area (Å²) in [5.41, 5.74) is 2.01. The van der Waals surface area contributed by atoms with Crippen LogP contribution in [-0.2, 0) is 17.8 Å². The molecule has 0 saturated carbocycles. The number of nitrogens with one attached hydrogen (secondary N) is 1. The minimum absolute atomic E-state index is 0. The average Bonchev–Trinajstić information content (AvgIpc) is 2.99. The third kappa shape index (κ3) is 8.05. The van der Waals surface area contributed by atoms with Crippen molar-refractivity contribution in [3.05, 3.63) is 45.9 Å². The first-order valence-corrected chi connectivity index (χ1v) is 8.47. The Kier molecular flexibility index (Phi) is 11.4. The van der Waals surface area contributed by atoms with Gasteiger partial charge in [0.2, 0.25) is 5.91 Å². The molecule has 140 valence electrons. The lowest BCUT2D eigenvalue weighted by molar-refractivity contribution is -0.129. The van der Waals surface area contributed by atoms with Crippen molar-refractivity contribution in [3.8, 4) is 5.75 Å². The monoisotopic (exact) mass is 405 g/mol. The zero-order valence-electron chi connectivity index (χ0n) is 14.7. The van der Waals surface area contributed by atoms with Crippen LogP contribution in [0.2, 0.25) is 0 Å². The van der Waals surface area contributed by atoms with E-state index in [2.05, 4.69) is 10.3 Å². The summed E-state index contributed by atoms with van der Waals surface area (Å²) in [4.78, 5) is 18.3. The van der Waals surface area contributed by atoms with Crippen LogP contribution in [0.1, 0.15) is 16.3 Å². The van der Waals surface area contributed by atoms with Crippen molar-refractivity contribution in [2.75, 3.05) is 27.2 Å². The summed E-state index contributed by atoms with van der Waals surface area (Å²) in [6.07, 6.45) is 0.335. The van der Waals surface area contributed by atoms with E-state index in [0.717, 1.165) is 23.0 Å². The van der Waals surface area contributed by atoms with Crippen molar-refractivity contribution in [2.24, 2.45) is 0 Å². The van der Waals surface area contributed by atoms with Gasteiger partial charge < -0.3 is 15.0 Å². The number of benzene rings is 1. The van der Waals surface area contributed by atoms with Gasteiger partial charge in [0.05, 0.1) is 12.1 Å². The van der Waals surface area contributed by atoms with E-state index in [1.807, 2.05) is 50.7 Å². The highest BCUT2D eigenvalue weighted by Crippen LogP contribution is 2.16. The van der Waals surface area contributed by atoms with Gasteiger partial charge in [-0.1, -0.05) is 17.7 Å². The van der Waals surface area contributed by atoms with Gasteiger partial charge in [0, 0.05) is 25.5 Å². The molecule has 0 aliphatic heterocycles. The summed E-state index contributed by atoms with van der Waals surface area (Å²) in [7, 11) is 3.69. The Bertz CT molecular complexity index is 635. The summed E-state index contributed by atoms with van der Waals surface area (Å²) >= 11 is 1.52. The SMILES string of the molecule is CNCCN(C)C(=O)Cc1csc(COc2ccc(C)cc2)n1.Cl.Cl. The van der Waals surface area contributed by atoms with Crippen LogP contribution >= 0.6 is 36.2 Å². The normalized spacial score (nSPS) is 9.72. The number of likely N-dealkylation sites (N-methyl/N-ethyl adjacent to an activating group) is 2. The zero-order chi connectivity index (χ0) is 16.7. The van der Waals surface area contributed by atoms with Gasteiger partial charge in [0.1, 0.15) is 17.4 Å². The summed E-state index contributed by atoms with van der Waals surface area (Å²) in [6.45, 7) is 3.96. The number of hydrogen-bond donors (Lipinski definition) is 1. The minimum atomic E-state index is 0. The summed E-state index contributed by atoms with van der Waals surface area (Å²) in [6, 6.07) is 7.93. The molecule has 0 unspecified atom stereocenters. The van der Waals surface area contributed by atoms with Gasteiger partial charge in [-0.05, 0) is 26.1 Å². The lowest BCUT2D eigenvalue weighted by atomic mass is 10.2. The molecule has 1 aromatic carbocycles. The fourth-order valence-electron chi connectivity index (χ4n) is 1.97. The minimum Gasteiger partial charge on any atom is -0.486 e. The summed E-state index contributed by atoms with van der Waals surface area (Å²) in [5, 5.41) is 5.84. The van der Waals surface area contributed by atoms with E-state index in [9.17, 15) is 4.79 Å². The molecule has 5 nitrogen and oxygen atoms in total. The Labute approximate surface area is 165 Å². The first-order valence-electron chi connectivity index (χ1n) is 7.60. The molecule has 0 bridgehead atoms. The Morgan fingerprint density at radius 2 is 1.96 bits per heavy atom. The molecule has 1 amide bonds. The predicted octanol–water partition coefficient (Wildman–Crippen LogP) is 3.09. The lowest BCUT2D eigenvalue weighted by Crippen LogP contribution is -2.33. The molecule has 0 fully saturated rings. The topological polar surface area (TPSA) is 54.5 Å². The maximum absolute atomic E-state index is 12.1. The van der Waals surface area contributed by atoms with Gasteiger partial charge in [0.15, 0.2) is 0 Å². The molecule has 0 radical (unpaired) electrons. The Balaban J connectivity index is 0.00000288. The number of rotatable bonds is 8. The van der Waals surface area contributed by atoms with Crippen LogP contribution in [0.4, 0.5) is 0 Å². The molecule has 1 aromatic heterocycles. The van der Waals surface area contributed by atoms with Crippen molar-refractivity contribution < 1.29 is 9.53 Å². The van der Waals surface area contributed by atoms with E-state index in [0.29, 0.717) is 19.6 Å². The molecule has 8 heteroatoms. The number of hydrogen-bond acceptors (Lipinski definition) is 5. The van der Waals surface area contributed by atoms with Gasteiger partial charge >= 0.3 is 0 Å². The number of aryl methyl sites for hydroxylation is 1. The molecule has 0 saturated heterocycles. The molecular formula is C17H25Cl2N3O2S. The third-order valence-electron chi connectivity index (χ3n) is 3.44. The van der Waals surface area contributed by atoms with Crippen molar-refractivity contribution in [1.29, 1.82) is 0 Å². The van der Waals surface area contributed by atoms with Crippen molar-refractivity contribution in [2.45, 2.75) is 20.0 Å². The van der Waals surface area contributed by atoms with Gasteiger partial charge in [-0.15, -0.1) is 36.2 Å². The maximum atomic E-state index is 12.1. The fourth-order valence-corrected chi connectivity index (χ4v) is 2.68. The van der Waals surface area contributed by atoms with Crippen LogP contribution in [0.3, 0.4) is 0 Å². The quantitative estimate of drug-likeness (QED) is 0.732. The number of nitrogens with zero attached hydrogens (tertiary/aromatic N) is 2. The number of amides is 1. The van der Waals surface area contributed by atoms with Crippen LogP contribution in [0.5, 0.6) is 5.75 Å². The van der Waals surface area contributed by atoms with Crippen molar-refractivity contribution in [3.63, 3.8) is 0 Å². The number of carbonyl (C=O) groups excluding carboxylic acids is 1. The number of halogens is 2. The van der Waals surface area contributed by atoms with E-state index in [4.69, 9.17) is 4.74 Å². The standard InChI is InChI=1S/C17H23N3O2S.2ClH/c1-13-4-6-15(7-5-13)22-11-16-19-14(12-23-16)10-17(21)20(3)9-8-18-2;;/h4-7,12,18H,8-11H2,1-3H3;2*1H. The Morgan fingerprint density at radius 1 is 1.28 bits per heavy atom. The molecule has 25 heavy (non-hydrogen) atoms. The van der Waals surface area contributed by atoms with Crippen LogP contribution < -0.4 is 10.1 Å². The van der Waals surface area contributed by atoms with E-state index >= 15 is 0 Å². The van der Waals surface area contributed by atoms with Crippen LogP contribution in [0.25, 0.3) is 0 Å².